The van der Waals surface area contributed by atoms with Crippen LogP contribution in [0.5, 0.6) is 0 Å². The molecule has 0 radical (unpaired) electrons. The number of nitrogens with one attached hydrogen (secondary N) is 2. The van der Waals surface area contributed by atoms with E-state index in [9.17, 15) is 14.4 Å². The van der Waals surface area contributed by atoms with Crippen LogP contribution in [0.25, 0.3) is 0 Å². The van der Waals surface area contributed by atoms with E-state index in [4.69, 9.17) is 9.26 Å². The topological polar surface area (TPSA) is 111 Å². The first-order valence-corrected chi connectivity index (χ1v) is 6.94. The highest BCUT2D eigenvalue weighted by Crippen LogP contribution is 2.18. The van der Waals surface area contributed by atoms with E-state index in [2.05, 4.69) is 15.8 Å². The van der Waals surface area contributed by atoms with Crippen molar-refractivity contribution < 1.29 is 23.6 Å². The SMILES string of the molecule is CCOC(=O)[C@](C)(NC(=O)C(=O)Nc1cc(C)on1)C(C)C. The first-order valence-electron chi connectivity index (χ1n) is 6.94. The highest BCUT2D eigenvalue weighted by Gasteiger charge is 2.41. The summed E-state index contributed by atoms with van der Waals surface area (Å²) in [7, 11) is 0. The van der Waals surface area contributed by atoms with Crippen LogP contribution in [-0.2, 0) is 19.1 Å². The van der Waals surface area contributed by atoms with Crippen LogP contribution in [0, 0.1) is 12.8 Å². The number of aromatic nitrogens is 1. The molecule has 1 heterocycles. The lowest BCUT2D eigenvalue weighted by Gasteiger charge is -2.31. The van der Waals surface area contributed by atoms with Crippen molar-refractivity contribution in [2.24, 2.45) is 5.92 Å². The molecule has 8 nitrogen and oxygen atoms in total. The number of carbonyl (C=O) groups excluding carboxylic acids is 3. The molecular weight excluding hydrogens is 290 g/mol. The third-order valence-electron chi connectivity index (χ3n) is 3.30. The second-order valence-corrected chi connectivity index (χ2v) is 5.31. The van der Waals surface area contributed by atoms with Crippen molar-refractivity contribution in [2.45, 2.75) is 40.2 Å². The van der Waals surface area contributed by atoms with Crippen LogP contribution in [-0.4, -0.2) is 35.1 Å². The van der Waals surface area contributed by atoms with Crippen molar-refractivity contribution >= 4 is 23.6 Å². The zero-order chi connectivity index (χ0) is 16.9. The lowest BCUT2D eigenvalue weighted by molar-refractivity contribution is -0.155. The van der Waals surface area contributed by atoms with Gasteiger partial charge in [-0.15, -0.1) is 0 Å². The molecule has 1 rings (SSSR count). The first kappa shape index (κ1) is 17.7. The summed E-state index contributed by atoms with van der Waals surface area (Å²) in [6.45, 7) is 8.51. The van der Waals surface area contributed by atoms with Gasteiger partial charge in [0.2, 0.25) is 0 Å². The number of nitrogens with zero attached hydrogens (tertiary/aromatic N) is 1. The van der Waals surface area contributed by atoms with Crippen molar-refractivity contribution in [3.8, 4) is 0 Å². The average molecular weight is 311 g/mol. The number of esters is 1. The summed E-state index contributed by atoms with van der Waals surface area (Å²) in [5.41, 5.74) is -1.30. The Balaban J connectivity index is 2.78. The van der Waals surface area contributed by atoms with E-state index < -0.39 is 23.3 Å². The molecule has 1 atom stereocenters. The molecule has 0 saturated heterocycles. The second-order valence-electron chi connectivity index (χ2n) is 5.31. The van der Waals surface area contributed by atoms with E-state index in [1.54, 1.807) is 27.7 Å². The van der Waals surface area contributed by atoms with E-state index >= 15 is 0 Å². The minimum absolute atomic E-state index is 0.125. The Kier molecular flexibility index (Phi) is 5.67. The fraction of sp³-hybridized carbons (Fsp3) is 0.571. The molecule has 0 unspecified atom stereocenters. The number of anilines is 1. The molecule has 0 bridgehead atoms. The van der Waals surface area contributed by atoms with Gasteiger partial charge in [0.15, 0.2) is 5.82 Å². The van der Waals surface area contributed by atoms with E-state index in [0.29, 0.717) is 5.76 Å². The third-order valence-corrected chi connectivity index (χ3v) is 3.30. The minimum Gasteiger partial charge on any atom is -0.464 e. The highest BCUT2D eigenvalue weighted by atomic mass is 16.5. The van der Waals surface area contributed by atoms with E-state index in [0.717, 1.165) is 0 Å². The third kappa shape index (κ3) is 4.06. The number of hydrogen-bond donors (Lipinski definition) is 2. The number of aryl methyl sites for hydroxylation is 1. The molecule has 0 aliphatic heterocycles. The minimum atomic E-state index is -1.30. The van der Waals surface area contributed by atoms with Crippen LogP contribution >= 0.6 is 0 Å². The molecule has 0 spiro atoms. The quantitative estimate of drug-likeness (QED) is 0.620. The standard InChI is InChI=1S/C14H21N3O5/c1-6-21-13(20)14(5,8(2)3)16-12(19)11(18)15-10-7-9(4)22-17-10/h7-8H,6H2,1-5H3,(H,16,19)(H,15,17,18)/t14-/m1/s1. The maximum atomic E-state index is 12.0. The van der Waals surface area contributed by atoms with Gasteiger partial charge in [0.1, 0.15) is 11.3 Å². The van der Waals surface area contributed by atoms with Crippen LogP contribution in [0.4, 0.5) is 5.82 Å². The maximum absolute atomic E-state index is 12.0. The Labute approximate surface area is 128 Å². The van der Waals surface area contributed by atoms with Crippen LogP contribution in [0.15, 0.2) is 10.6 Å². The van der Waals surface area contributed by atoms with Gasteiger partial charge in [0, 0.05) is 6.07 Å². The average Bonchev–Trinajstić information content (AvgIpc) is 2.83. The van der Waals surface area contributed by atoms with E-state index in [-0.39, 0.29) is 18.3 Å². The molecule has 0 aliphatic rings. The zero-order valence-corrected chi connectivity index (χ0v) is 13.4. The lowest BCUT2D eigenvalue weighted by atomic mass is 9.88. The Morgan fingerprint density at radius 3 is 2.45 bits per heavy atom. The Morgan fingerprint density at radius 1 is 1.36 bits per heavy atom. The van der Waals surface area contributed by atoms with Gasteiger partial charge in [-0.3, -0.25) is 14.9 Å². The molecule has 0 aliphatic carbocycles. The zero-order valence-electron chi connectivity index (χ0n) is 13.4. The van der Waals surface area contributed by atoms with Crippen molar-refractivity contribution in [3.63, 3.8) is 0 Å². The molecular formula is C14H21N3O5. The lowest BCUT2D eigenvalue weighted by Crippen LogP contribution is -2.58. The van der Waals surface area contributed by atoms with E-state index in [1.807, 2.05) is 0 Å². The molecule has 122 valence electrons. The number of carbonyl (C=O) groups is 3. The van der Waals surface area contributed by atoms with E-state index in [1.165, 1.54) is 13.0 Å². The summed E-state index contributed by atoms with van der Waals surface area (Å²) in [5.74, 6) is -2.13. The Bertz CT molecular complexity index is 567. The van der Waals surface area contributed by atoms with Gasteiger partial charge in [-0.2, -0.15) is 0 Å². The molecule has 22 heavy (non-hydrogen) atoms. The van der Waals surface area contributed by atoms with Crippen LogP contribution in [0.2, 0.25) is 0 Å². The summed E-state index contributed by atoms with van der Waals surface area (Å²) in [4.78, 5) is 35.9. The Hall–Kier alpha value is -2.38. The highest BCUT2D eigenvalue weighted by molar-refractivity contribution is 6.40. The second kappa shape index (κ2) is 7.06. The smallest absolute Gasteiger partial charge is 0.331 e. The van der Waals surface area contributed by atoms with Gasteiger partial charge in [0.25, 0.3) is 0 Å². The van der Waals surface area contributed by atoms with Crippen molar-refractivity contribution in [3.05, 3.63) is 11.8 Å². The number of hydrogen-bond acceptors (Lipinski definition) is 6. The molecule has 1 aromatic rings. The summed E-state index contributed by atoms with van der Waals surface area (Å²) in [5, 5.41) is 8.26. The van der Waals surface area contributed by atoms with Gasteiger partial charge >= 0.3 is 17.8 Å². The van der Waals surface area contributed by atoms with Gasteiger partial charge in [0.05, 0.1) is 6.61 Å². The van der Waals surface area contributed by atoms with Crippen molar-refractivity contribution in [2.75, 3.05) is 11.9 Å². The summed E-state index contributed by atoms with van der Waals surface area (Å²) in [6.07, 6.45) is 0. The molecule has 1 aromatic heterocycles. The summed E-state index contributed by atoms with van der Waals surface area (Å²) < 4.78 is 9.74. The first-order chi connectivity index (χ1) is 10.2. The molecule has 8 heteroatoms. The largest absolute Gasteiger partial charge is 0.464 e. The van der Waals surface area contributed by atoms with Gasteiger partial charge in [-0.05, 0) is 26.7 Å². The summed E-state index contributed by atoms with van der Waals surface area (Å²) >= 11 is 0. The van der Waals surface area contributed by atoms with Crippen molar-refractivity contribution in [1.82, 2.24) is 10.5 Å². The number of ether oxygens (including phenoxy) is 1. The summed E-state index contributed by atoms with van der Waals surface area (Å²) in [6, 6.07) is 1.47. The van der Waals surface area contributed by atoms with Crippen LogP contribution in [0.1, 0.15) is 33.5 Å². The molecule has 2 amide bonds. The fourth-order valence-corrected chi connectivity index (χ4v) is 1.60. The molecule has 0 aromatic carbocycles. The van der Waals surface area contributed by atoms with Gasteiger partial charge in [-0.1, -0.05) is 19.0 Å². The van der Waals surface area contributed by atoms with Crippen LogP contribution < -0.4 is 10.6 Å². The number of amides is 2. The van der Waals surface area contributed by atoms with Gasteiger partial charge in [-0.25, -0.2) is 4.79 Å². The monoisotopic (exact) mass is 311 g/mol. The van der Waals surface area contributed by atoms with Crippen molar-refractivity contribution in [1.29, 1.82) is 0 Å². The molecule has 2 N–H and O–H groups in total. The fourth-order valence-electron chi connectivity index (χ4n) is 1.60. The maximum Gasteiger partial charge on any atom is 0.331 e. The van der Waals surface area contributed by atoms with Crippen LogP contribution in [0.3, 0.4) is 0 Å². The molecule has 0 fully saturated rings. The number of rotatable bonds is 5. The Morgan fingerprint density at radius 2 is 2.00 bits per heavy atom. The predicted molar refractivity (Wildman–Crippen MR) is 77.9 cm³/mol. The normalized spacial score (nSPS) is 13.4. The van der Waals surface area contributed by atoms with Gasteiger partial charge < -0.3 is 14.6 Å². The predicted octanol–water partition coefficient (Wildman–Crippen LogP) is 1.02. The molecule has 0 saturated carbocycles.